The van der Waals surface area contributed by atoms with E-state index in [0.29, 0.717) is 41.4 Å². The van der Waals surface area contributed by atoms with Gasteiger partial charge >= 0.3 is 0 Å². The highest BCUT2D eigenvalue weighted by Crippen LogP contribution is 2.15. The predicted octanol–water partition coefficient (Wildman–Crippen LogP) is 1.36. The van der Waals surface area contributed by atoms with E-state index in [-0.39, 0.29) is 0 Å². The maximum atomic E-state index is 8.84. The first-order valence-corrected chi connectivity index (χ1v) is 6.32. The normalized spacial score (nSPS) is 10.4. The molecule has 0 amide bonds. The summed E-state index contributed by atoms with van der Waals surface area (Å²) in [6, 6.07) is 9.11. The van der Waals surface area contributed by atoms with Crippen LogP contribution in [0.3, 0.4) is 0 Å². The van der Waals surface area contributed by atoms with Crippen molar-refractivity contribution in [3.05, 3.63) is 42.5 Å². The SMILES string of the molecule is N#Cc1cccc(OCCn2cnc3c(N)ncnc32)c1. The predicted molar refractivity (Wildman–Crippen MR) is 76.4 cm³/mol. The van der Waals surface area contributed by atoms with E-state index in [2.05, 4.69) is 21.0 Å². The first-order valence-electron chi connectivity index (χ1n) is 6.32. The van der Waals surface area contributed by atoms with Crippen LogP contribution in [0.4, 0.5) is 5.82 Å². The van der Waals surface area contributed by atoms with Crippen molar-refractivity contribution in [1.29, 1.82) is 5.26 Å². The van der Waals surface area contributed by atoms with Crippen LogP contribution in [0.25, 0.3) is 11.2 Å². The molecule has 0 radical (unpaired) electrons. The number of fused-ring (bicyclic) bond motifs is 1. The molecule has 0 fully saturated rings. The highest BCUT2D eigenvalue weighted by Gasteiger charge is 2.07. The number of aromatic nitrogens is 4. The van der Waals surface area contributed by atoms with Gasteiger partial charge in [-0.1, -0.05) is 6.07 Å². The van der Waals surface area contributed by atoms with Gasteiger partial charge in [0, 0.05) is 0 Å². The molecule has 2 aromatic heterocycles. The standard InChI is InChI=1S/C14H12N6O/c15-7-10-2-1-3-11(6-10)21-5-4-20-9-19-12-13(16)17-8-18-14(12)20/h1-3,6,8-9H,4-5H2,(H2,16,17,18). The van der Waals surface area contributed by atoms with Gasteiger partial charge in [-0.2, -0.15) is 5.26 Å². The van der Waals surface area contributed by atoms with Crippen molar-refractivity contribution in [2.75, 3.05) is 12.3 Å². The lowest BCUT2D eigenvalue weighted by Crippen LogP contribution is -2.08. The fourth-order valence-corrected chi connectivity index (χ4v) is 1.98. The van der Waals surface area contributed by atoms with E-state index >= 15 is 0 Å². The summed E-state index contributed by atoms with van der Waals surface area (Å²) in [5, 5.41) is 8.84. The van der Waals surface area contributed by atoms with Gasteiger partial charge in [-0.3, -0.25) is 0 Å². The number of ether oxygens (including phenoxy) is 1. The monoisotopic (exact) mass is 280 g/mol. The van der Waals surface area contributed by atoms with E-state index in [1.807, 2.05) is 10.6 Å². The van der Waals surface area contributed by atoms with Crippen LogP contribution < -0.4 is 10.5 Å². The Kier molecular flexibility index (Phi) is 3.35. The van der Waals surface area contributed by atoms with E-state index in [0.717, 1.165) is 0 Å². The van der Waals surface area contributed by atoms with E-state index < -0.39 is 0 Å². The molecule has 0 aliphatic rings. The molecule has 0 aliphatic heterocycles. The summed E-state index contributed by atoms with van der Waals surface area (Å²) >= 11 is 0. The van der Waals surface area contributed by atoms with Gasteiger partial charge in [-0.25, -0.2) is 15.0 Å². The van der Waals surface area contributed by atoms with Crippen LogP contribution in [0.2, 0.25) is 0 Å². The number of rotatable bonds is 4. The maximum absolute atomic E-state index is 8.84. The molecule has 0 saturated carbocycles. The number of nitrogen functional groups attached to an aromatic ring is 1. The van der Waals surface area contributed by atoms with Gasteiger partial charge in [0.2, 0.25) is 0 Å². The van der Waals surface area contributed by atoms with Gasteiger partial charge in [-0.05, 0) is 18.2 Å². The number of benzene rings is 1. The Morgan fingerprint density at radius 1 is 1.29 bits per heavy atom. The first kappa shape index (κ1) is 12.9. The Morgan fingerprint density at radius 3 is 3.05 bits per heavy atom. The van der Waals surface area contributed by atoms with Crippen molar-refractivity contribution < 1.29 is 4.74 Å². The molecular weight excluding hydrogens is 268 g/mol. The molecule has 3 aromatic rings. The average Bonchev–Trinajstić information content (AvgIpc) is 2.92. The van der Waals surface area contributed by atoms with Gasteiger partial charge in [0.15, 0.2) is 11.5 Å². The molecule has 104 valence electrons. The largest absolute Gasteiger partial charge is 0.492 e. The minimum atomic E-state index is 0.362. The fourth-order valence-electron chi connectivity index (χ4n) is 1.98. The van der Waals surface area contributed by atoms with E-state index in [1.54, 1.807) is 24.5 Å². The van der Waals surface area contributed by atoms with Crippen molar-refractivity contribution in [3.8, 4) is 11.8 Å². The number of hydrogen-bond donors (Lipinski definition) is 1. The second-order valence-corrected chi connectivity index (χ2v) is 4.36. The van der Waals surface area contributed by atoms with Gasteiger partial charge in [-0.15, -0.1) is 0 Å². The summed E-state index contributed by atoms with van der Waals surface area (Å²) in [4.78, 5) is 12.2. The molecule has 0 unspecified atom stereocenters. The van der Waals surface area contributed by atoms with Crippen molar-refractivity contribution in [1.82, 2.24) is 19.5 Å². The van der Waals surface area contributed by atoms with Gasteiger partial charge in [0.25, 0.3) is 0 Å². The lowest BCUT2D eigenvalue weighted by atomic mass is 10.2. The number of nitrogens with zero attached hydrogens (tertiary/aromatic N) is 5. The lowest BCUT2D eigenvalue weighted by molar-refractivity contribution is 0.299. The molecule has 21 heavy (non-hydrogen) atoms. The summed E-state index contributed by atoms with van der Waals surface area (Å²) in [5.74, 6) is 1.02. The van der Waals surface area contributed by atoms with Crippen molar-refractivity contribution >= 4 is 17.0 Å². The molecule has 7 heteroatoms. The summed E-state index contributed by atoms with van der Waals surface area (Å²) in [6.45, 7) is 1.01. The van der Waals surface area contributed by atoms with E-state index in [1.165, 1.54) is 6.33 Å². The number of nitrogens with two attached hydrogens (primary N) is 1. The molecular formula is C14H12N6O. The zero-order valence-corrected chi connectivity index (χ0v) is 11.1. The Bertz CT molecular complexity index is 820. The Hall–Kier alpha value is -3.14. The molecule has 2 heterocycles. The summed E-state index contributed by atoms with van der Waals surface area (Å²) < 4.78 is 7.48. The van der Waals surface area contributed by atoms with Gasteiger partial charge in [0.05, 0.1) is 24.5 Å². The Balaban J connectivity index is 1.70. The molecule has 0 aliphatic carbocycles. The van der Waals surface area contributed by atoms with Crippen molar-refractivity contribution in [2.24, 2.45) is 0 Å². The van der Waals surface area contributed by atoms with E-state index in [4.69, 9.17) is 15.7 Å². The molecule has 1 aromatic carbocycles. The number of nitriles is 1. The highest BCUT2D eigenvalue weighted by molar-refractivity contribution is 5.81. The first-order chi connectivity index (χ1) is 10.3. The van der Waals surface area contributed by atoms with E-state index in [9.17, 15) is 0 Å². The molecule has 2 N–H and O–H groups in total. The second-order valence-electron chi connectivity index (χ2n) is 4.36. The van der Waals surface area contributed by atoms with Crippen molar-refractivity contribution in [2.45, 2.75) is 6.54 Å². The molecule has 0 bridgehead atoms. The minimum Gasteiger partial charge on any atom is -0.492 e. The van der Waals surface area contributed by atoms with Crippen LogP contribution in [-0.2, 0) is 6.54 Å². The van der Waals surface area contributed by atoms with Crippen LogP contribution in [-0.4, -0.2) is 26.1 Å². The fraction of sp³-hybridized carbons (Fsp3) is 0.143. The zero-order chi connectivity index (χ0) is 14.7. The van der Waals surface area contributed by atoms with Crippen LogP contribution >= 0.6 is 0 Å². The van der Waals surface area contributed by atoms with Gasteiger partial charge < -0.3 is 15.0 Å². The van der Waals surface area contributed by atoms with Crippen LogP contribution in [0.1, 0.15) is 5.56 Å². The topological polar surface area (TPSA) is 103 Å². The minimum absolute atomic E-state index is 0.362. The average molecular weight is 280 g/mol. The van der Waals surface area contributed by atoms with Crippen molar-refractivity contribution in [3.63, 3.8) is 0 Å². The van der Waals surface area contributed by atoms with Crippen LogP contribution in [0.15, 0.2) is 36.9 Å². The lowest BCUT2D eigenvalue weighted by Gasteiger charge is -2.07. The molecule has 0 atom stereocenters. The molecule has 0 spiro atoms. The molecule has 7 nitrogen and oxygen atoms in total. The smallest absolute Gasteiger partial charge is 0.165 e. The number of imidazole rings is 1. The summed E-state index contributed by atoms with van der Waals surface area (Å²) in [6.07, 6.45) is 3.07. The third kappa shape index (κ3) is 2.60. The molecule has 3 rings (SSSR count). The Morgan fingerprint density at radius 2 is 2.19 bits per heavy atom. The quantitative estimate of drug-likeness (QED) is 0.774. The van der Waals surface area contributed by atoms with Crippen LogP contribution in [0.5, 0.6) is 5.75 Å². The third-order valence-electron chi connectivity index (χ3n) is 2.99. The number of anilines is 1. The maximum Gasteiger partial charge on any atom is 0.165 e. The zero-order valence-electron chi connectivity index (χ0n) is 11.1. The van der Waals surface area contributed by atoms with Gasteiger partial charge in [0.1, 0.15) is 24.2 Å². The summed E-state index contributed by atoms with van der Waals surface area (Å²) in [5.41, 5.74) is 7.57. The number of hydrogen-bond acceptors (Lipinski definition) is 6. The summed E-state index contributed by atoms with van der Waals surface area (Å²) in [7, 11) is 0. The Labute approximate surface area is 120 Å². The van der Waals surface area contributed by atoms with Crippen LogP contribution in [0, 0.1) is 11.3 Å². The second kappa shape index (κ2) is 5.46. The highest BCUT2D eigenvalue weighted by atomic mass is 16.5. The molecule has 0 saturated heterocycles. The third-order valence-corrected chi connectivity index (χ3v) is 2.99.